The Labute approximate surface area is 71.6 Å². The maximum atomic E-state index is 3.49. The van der Waals surface area contributed by atoms with Gasteiger partial charge in [-0.1, -0.05) is 27.2 Å². The summed E-state index contributed by atoms with van der Waals surface area (Å²) in [4.78, 5) is 0. The number of rotatable bonds is 5. The molecular formula is C10H23N. The Kier molecular flexibility index (Phi) is 4.74. The van der Waals surface area contributed by atoms with Gasteiger partial charge in [0.1, 0.15) is 0 Å². The Morgan fingerprint density at radius 1 is 1.27 bits per heavy atom. The van der Waals surface area contributed by atoms with Crippen LogP contribution in [0.4, 0.5) is 0 Å². The molecule has 0 bridgehead atoms. The Morgan fingerprint density at radius 3 is 2.18 bits per heavy atom. The van der Waals surface area contributed by atoms with E-state index in [-0.39, 0.29) is 0 Å². The van der Waals surface area contributed by atoms with Gasteiger partial charge in [-0.3, -0.25) is 0 Å². The zero-order chi connectivity index (χ0) is 8.91. The van der Waals surface area contributed by atoms with E-state index < -0.39 is 0 Å². The minimum atomic E-state index is 0.324. The Hall–Kier alpha value is -0.0400. The standard InChI is InChI=1S/C10H23N/c1-6-9(3)8-10(4,5)11-7-2/h9,11H,6-8H2,1-5H3. The van der Waals surface area contributed by atoms with Crippen LogP contribution < -0.4 is 5.32 Å². The van der Waals surface area contributed by atoms with Gasteiger partial charge in [-0.15, -0.1) is 0 Å². The van der Waals surface area contributed by atoms with Gasteiger partial charge in [0.15, 0.2) is 0 Å². The molecule has 1 atom stereocenters. The van der Waals surface area contributed by atoms with Crippen molar-refractivity contribution in [3.8, 4) is 0 Å². The lowest BCUT2D eigenvalue weighted by molar-refractivity contribution is 0.309. The maximum Gasteiger partial charge on any atom is 0.0127 e. The molecule has 1 N–H and O–H groups in total. The van der Waals surface area contributed by atoms with Crippen LogP contribution >= 0.6 is 0 Å². The highest BCUT2D eigenvalue weighted by atomic mass is 14.9. The van der Waals surface area contributed by atoms with Gasteiger partial charge in [-0.2, -0.15) is 0 Å². The molecule has 1 unspecified atom stereocenters. The highest BCUT2D eigenvalue weighted by Crippen LogP contribution is 2.17. The van der Waals surface area contributed by atoms with Crippen LogP contribution in [0.1, 0.15) is 47.5 Å². The van der Waals surface area contributed by atoms with E-state index in [9.17, 15) is 0 Å². The summed E-state index contributed by atoms with van der Waals surface area (Å²) in [5, 5.41) is 3.49. The molecular weight excluding hydrogens is 134 g/mol. The topological polar surface area (TPSA) is 12.0 Å². The van der Waals surface area contributed by atoms with Gasteiger partial charge >= 0.3 is 0 Å². The zero-order valence-electron chi connectivity index (χ0n) is 8.70. The summed E-state index contributed by atoms with van der Waals surface area (Å²) in [6.07, 6.45) is 2.56. The monoisotopic (exact) mass is 157 g/mol. The summed E-state index contributed by atoms with van der Waals surface area (Å²) in [5.74, 6) is 0.837. The van der Waals surface area contributed by atoms with Crippen molar-refractivity contribution in [2.75, 3.05) is 6.54 Å². The average Bonchev–Trinajstić information content (AvgIpc) is 1.86. The van der Waals surface area contributed by atoms with E-state index in [1.54, 1.807) is 0 Å². The molecule has 0 heterocycles. The largest absolute Gasteiger partial charge is 0.312 e. The van der Waals surface area contributed by atoms with E-state index in [2.05, 4.69) is 39.9 Å². The van der Waals surface area contributed by atoms with Crippen molar-refractivity contribution in [2.45, 2.75) is 53.0 Å². The Bertz CT molecular complexity index is 97.0. The second kappa shape index (κ2) is 4.76. The molecule has 68 valence electrons. The fraction of sp³-hybridized carbons (Fsp3) is 1.00. The second-order valence-corrected chi connectivity index (χ2v) is 4.13. The molecule has 0 aromatic rings. The van der Waals surface area contributed by atoms with Crippen LogP contribution in [0.5, 0.6) is 0 Å². The number of hydrogen-bond acceptors (Lipinski definition) is 1. The third-order valence-corrected chi connectivity index (χ3v) is 2.21. The molecule has 0 aromatic carbocycles. The molecule has 0 aliphatic rings. The van der Waals surface area contributed by atoms with Gasteiger partial charge in [0.05, 0.1) is 0 Å². The zero-order valence-corrected chi connectivity index (χ0v) is 8.70. The molecule has 0 fully saturated rings. The molecule has 11 heavy (non-hydrogen) atoms. The van der Waals surface area contributed by atoms with Gasteiger partial charge in [-0.05, 0) is 32.7 Å². The van der Waals surface area contributed by atoms with Crippen molar-refractivity contribution >= 4 is 0 Å². The minimum absolute atomic E-state index is 0.324. The van der Waals surface area contributed by atoms with E-state index in [1.807, 2.05) is 0 Å². The predicted molar refractivity (Wildman–Crippen MR) is 51.8 cm³/mol. The van der Waals surface area contributed by atoms with Crippen LogP contribution in [0, 0.1) is 5.92 Å². The molecule has 0 amide bonds. The summed E-state index contributed by atoms with van der Waals surface area (Å²) >= 11 is 0. The summed E-state index contributed by atoms with van der Waals surface area (Å²) in [6.45, 7) is 12.4. The molecule has 1 heteroatoms. The quantitative estimate of drug-likeness (QED) is 0.647. The normalized spacial score (nSPS) is 15.0. The fourth-order valence-electron chi connectivity index (χ4n) is 1.57. The molecule has 0 saturated heterocycles. The SMILES string of the molecule is CCNC(C)(C)CC(C)CC. The summed E-state index contributed by atoms with van der Waals surface area (Å²) in [5.41, 5.74) is 0.324. The van der Waals surface area contributed by atoms with Gasteiger partial charge < -0.3 is 5.32 Å². The first-order chi connectivity index (χ1) is 5.02. The first-order valence-electron chi connectivity index (χ1n) is 4.77. The van der Waals surface area contributed by atoms with Crippen molar-refractivity contribution < 1.29 is 0 Å². The van der Waals surface area contributed by atoms with Crippen LogP contribution in [-0.2, 0) is 0 Å². The number of hydrogen-bond donors (Lipinski definition) is 1. The minimum Gasteiger partial charge on any atom is -0.312 e. The Balaban J connectivity index is 3.70. The third-order valence-electron chi connectivity index (χ3n) is 2.21. The first-order valence-corrected chi connectivity index (χ1v) is 4.77. The third kappa shape index (κ3) is 5.25. The van der Waals surface area contributed by atoms with Crippen molar-refractivity contribution in [3.63, 3.8) is 0 Å². The van der Waals surface area contributed by atoms with E-state index in [4.69, 9.17) is 0 Å². The van der Waals surface area contributed by atoms with E-state index in [1.165, 1.54) is 12.8 Å². The lowest BCUT2D eigenvalue weighted by Crippen LogP contribution is -2.40. The average molecular weight is 157 g/mol. The fourth-order valence-corrected chi connectivity index (χ4v) is 1.57. The second-order valence-electron chi connectivity index (χ2n) is 4.13. The van der Waals surface area contributed by atoms with Gasteiger partial charge in [0.25, 0.3) is 0 Å². The molecule has 0 spiro atoms. The van der Waals surface area contributed by atoms with Crippen molar-refractivity contribution in [1.29, 1.82) is 0 Å². The molecule has 0 saturated carbocycles. The molecule has 0 aliphatic heterocycles. The van der Waals surface area contributed by atoms with Gasteiger partial charge in [-0.25, -0.2) is 0 Å². The molecule has 0 rings (SSSR count). The van der Waals surface area contributed by atoms with Crippen molar-refractivity contribution in [3.05, 3.63) is 0 Å². The summed E-state index contributed by atoms with van der Waals surface area (Å²) in [7, 11) is 0. The van der Waals surface area contributed by atoms with Crippen molar-refractivity contribution in [2.24, 2.45) is 5.92 Å². The van der Waals surface area contributed by atoms with Gasteiger partial charge in [0.2, 0.25) is 0 Å². The molecule has 0 radical (unpaired) electrons. The molecule has 0 aliphatic carbocycles. The van der Waals surface area contributed by atoms with E-state index in [0.717, 1.165) is 12.5 Å². The lowest BCUT2D eigenvalue weighted by Gasteiger charge is -2.28. The number of nitrogens with one attached hydrogen (secondary N) is 1. The molecule has 0 aromatic heterocycles. The van der Waals surface area contributed by atoms with Crippen LogP contribution in [0.2, 0.25) is 0 Å². The summed E-state index contributed by atoms with van der Waals surface area (Å²) in [6, 6.07) is 0. The van der Waals surface area contributed by atoms with Crippen LogP contribution in [0.25, 0.3) is 0 Å². The van der Waals surface area contributed by atoms with Gasteiger partial charge in [0, 0.05) is 5.54 Å². The maximum absolute atomic E-state index is 3.49. The highest BCUT2D eigenvalue weighted by Gasteiger charge is 2.18. The summed E-state index contributed by atoms with van der Waals surface area (Å²) < 4.78 is 0. The van der Waals surface area contributed by atoms with E-state index in [0.29, 0.717) is 5.54 Å². The highest BCUT2D eigenvalue weighted by molar-refractivity contribution is 4.78. The first kappa shape index (κ1) is 11.0. The van der Waals surface area contributed by atoms with E-state index >= 15 is 0 Å². The smallest absolute Gasteiger partial charge is 0.0127 e. The lowest BCUT2D eigenvalue weighted by atomic mass is 9.90. The van der Waals surface area contributed by atoms with Crippen LogP contribution in [0.15, 0.2) is 0 Å². The van der Waals surface area contributed by atoms with Crippen LogP contribution in [-0.4, -0.2) is 12.1 Å². The Morgan fingerprint density at radius 2 is 1.82 bits per heavy atom. The molecule has 1 nitrogen and oxygen atoms in total. The van der Waals surface area contributed by atoms with Crippen LogP contribution in [0.3, 0.4) is 0 Å². The predicted octanol–water partition coefficient (Wildman–Crippen LogP) is 2.81. The van der Waals surface area contributed by atoms with Crippen molar-refractivity contribution in [1.82, 2.24) is 5.32 Å².